The SMILES string of the molecule is CCOC(=O)C1=C(C)NC(=S)N[C@H]1c1ccccc1OCC(=O)NN=Cc1ccc(OCc2ccc3c(c2)OCO3)cc1. The lowest BCUT2D eigenvalue weighted by molar-refractivity contribution is -0.139. The van der Waals surface area contributed by atoms with Crippen LogP contribution >= 0.6 is 12.2 Å². The van der Waals surface area contributed by atoms with Crippen LogP contribution in [0.3, 0.4) is 0 Å². The standard InChI is InChI=1S/C31H30N4O7S/c1-3-38-30(37)28-19(2)33-31(43)34-29(28)23-6-4-5-7-24(23)40-17-27(36)35-32-15-20-8-11-22(12-9-20)39-16-21-10-13-25-26(14-21)42-18-41-25/h4-15,29H,3,16-18H2,1-2H3,(H,35,36)(H2,33,34,43)/t29-/m0/s1. The predicted octanol–water partition coefficient (Wildman–Crippen LogP) is 3.88. The summed E-state index contributed by atoms with van der Waals surface area (Å²) in [6.45, 7) is 4.03. The Labute approximate surface area is 253 Å². The van der Waals surface area contributed by atoms with E-state index in [0.717, 1.165) is 16.9 Å². The normalized spacial score (nSPS) is 15.5. The summed E-state index contributed by atoms with van der Waals surface area (Å²) in [6, 6.07) is 19.4. The summed E-state index contributed by atoms with van der Waals surface area (Å²) in [7, 11) is 0. The van der Waals surface area contributed by atoms with E-state index in [9.17, 15) is 9.59 Å². The summed E-state index contributed by atoms with van der Waals surface area (Å²) in [4.78, 5) is 25.2. The molecule has 0 saturated heterocycles. The number of esters is 1. The fourth-order valence-corrected chi connectivity index (χ4v) is 4.73. The molecule has 0 spiro atoms. The summed E-state index contributed by atoms with van der Waals surface area (Å²) in [5.74, 6) is 1.61. The maximum absolute atomic E-state index is 12.7. The molecular weight excluding hydrogens is 572 g/mol. The highest BCUT2D eigenvalue weighted by Gasteiger charge is 2.32. The fraction of sp³-hybridized carbons (Fsp3) is 0.226. The number of thiocarbonyl (C=S) groups is 1. The molecule has 1 amide bonds. The largest absolute Gasteiger partial charge is 0.489 e. The second-order valence-electron chi connectivity index (χ2n) is 9.46. The Balaban J connectivity index is 1.14. The number of hydrogen-bond donors (Lipinski definition) is 3. The van der Waals surface area contributed by atoms with Crippen molar-refractivity contribution in [1.29, 1.82) is 0 Å². The number of rotatable bonds is 11. The number of para-hydroxylation sites is 1. The number of nitrogens with one attached hydrogen (secondary N) is 3. The van der Waals surface area contributed by atoms with Crippen LogP contribution in [0.4, 0.5) is 0 Å². The van der Waals surface area contributed by atoms with Crippen molar-refractivity contribution in [2.45, 2.75) is 26.5 Å². The Morgan fingerprint density at radius 1 is 1.07 bits per heavy atom. The zero-order chi connectivity index (χ0) is 30.2. The van der Waals surface area contributed by atoms with Crippen LogP contribution in [0.15, 0.2) is 83.1 Å². The summed E-state index contributed by atoms with van der Waals surface area (Å²) in [5, 5.41) is 10.4. The number of allylic oxidation sites excluding steroid dienone is 1. The molecule has 222 valence electrons. The number of hydrogen-bond acceptors (Lipinski definition) is 9. The minimum absolute atomic E-state index is 0.228. The lowest BCUT2D eigenvalue weighted by atomic mass is 9.95. The van der Waals surface area contributed by atoms with Crippen LogP contribution in [0.5, 0.6) is 23.0 Å². The van der Waals surface area contributed by atoms with Gasteiger partial charge in [-0.2, -0.15) is 5.10 Å². The predicted molar refractivity (Wildman–Crippen MR) is 162 cm³/mol. The minimum Gasteiger partial charge on any atom is -0.489 e. The van der Waals surface area contributed by atoms with Crippen LogP contribution in [-0.2, 0) is 20.9 Å². The lowest BCUT2D eigenvalue weighted by Gasteiger charge is -2.30. The van der Waals surface area contributed by atoms with E-state index in [1.165, 1.54) is 6.21 Å². The van der Waals surface area contributed by atoms with Gasteiger partial charge in [-0.25, -0.2) is 10.2 Å². The molecule has 0 unspecified atom stereocenters. The molecule has 43 heavy (non-hydrogen) atoms. The van der Waals surface area contributed by atoms with Gasteiger partial charge in [0.2, 0.25) is 6.79 Å². The zero-order valence-corrected chi connectivity index (χ0v) is 24.4. The first-order chi connectivity index (χ1) is 20.9. The smallest absolute Gasteiger partial charge is 0.338 e. The van der Waals surface area contributed by atoms with Crippen LogP contribution in [0.1, 0.15) is 36.6 Å². The molecule has 11 nitrogen and oxygen atoms in total. The van der Waals surface area contributed by atoms with Crippen LogP contribution < -0.4 is 35.0 Å². The Kier molecular flexibility index (Phi) is 9.37. The Hall–Kier alpha value is -5.10. The molecular formula is C31H30N4O7S. The van der Waals surface area contributed by atoms with Crippen molar-refractivity contribution in [1.82, 2.24) is 16.1 Å². The number of ether oxygens (including phenoxy) is 5. The maximum atomic E-state index is 12.7. The summed E-state index contributed by atoms with van der Waals surface area (Å²) in [6.07, 6.45) is 1.52. The summed E-state index contributed by atoms with van der Waals surface area (Å²) >= 11 is 5.31. The molecule has 0 radical (unpaired) electrons. The van der Waals surface area contributed by atoms with E-state index < -0.39 is 17.9 Å². The van der Waals surface area contributed by atoms with Gasteiger partial charge in [-0.15, -0.1) is 0 Å². The van der Waals surface area contributed by atoms with Crippen molar-refractivity contribution in [3.8, 4) is 23.0 Å². The van der Waals surface area contributed by atoms with E-state index in [1.807, 2.05) is 48.5 Å². The van der Waals surface area contributed by atoms with Gasteiger partial charge in [0.1, 0.15) is 18.1 Å². The molecule has 2 aliphatic rings. The summed E-state index contributed by atoms with van der Waals surface area (Å²) < 4.78 is 27.7. The Morgan fingerprint density at radius 3 is 2.67 bits per heavy atom. The van der Waals surface area contributed by atoms with E-state index in [1.54, 1.807) is 32.0 Å². The first kappa shape index (κ1) is 29.4. The number of amides is 1. The molecule has 0 fully saturated rings. The van der Waals surface area contributed by atoms with Gasteiger partial charge in [-0.05, 0) is 79.7 Å². The lowest BCUT2D eigenvalue weighted by Crippen LogP contribution is -2.45. The molecule has 1 atom stereocenters. The number of fused-ring (bicyclic) bond motifs is 1. The fourth-order valence-electron chi connectivity index (χ4n) is 4.46. The first-order valence-electron chi connectivity index (χ1n) is 13.5. The highest BCUT2D eigenvalue weighted by molar-refractivity contribution is 7.80. The van der Waals surface area contributed by atoms with Gasteiger partial charge < -0.3 is 34.3 Å². The second kappa shape index (κ2) is 13.7. The van der Waals surface area contributed by atoms with Crippen LogP contribution in [0, 0.1) is 0 Å². The van der Waals surface area contributed by atoms with Gasteiger partial charge in [-0.3, -0.25) is 4.79 Å². The third-order valence-corrected chi connectivity index (χ3v) is 6.70. The highest BCUT2D eigenvalue weighted by Crippen LogP contribution is 2.34. The zero-order valence-electron chi connectivity index (χ0n) is 23.5. The van der Waals surface area contributed by atoms with Crippen LogP contribution in [-0.4, -0.2) is 43.2 Å². The highest BCUT2D eigenvalue weighted by atomic mass is 32.1. The molecule has 0 saturated carbocycles. The molecule has 2 heterocycles. The van der Waals surface area contributed by atoms with Crippen LogP contribution in [0.25, 0.3) is 0 Å². The van der Waals surface area contributed by atoms with Crippen LogP contribution in [0.2, 0.25) is 0 Å². The van der Waals surface area contributed by atoms with Crippen molar-refractivity contribution < 1.29 is 33.3 Å². The van der Waals surface area contributed by atoms with Crippen molar-refractivity contribution in [3.05, 3.63) is 94.7 Å². The quantitative estimate of drug-likeness (QED) is 0.129. The van der Waals surface area contributed by atoms with Gasteiger partial charge in [0.05, 0.1) is 24.4 Å². The maximum Gasteiger partial charge on any atom is 0.338 e. The number of carbonyl (C=O) groups is 2. The van der Waals surface area contributed by atoms with Gasteiger partial charge in [0, 0.05) is 11.3 Å². The second-order valence-corrected chi connectivity index (χ2v) is 9.86. The topological polar surface area (TPSA) is 129 Å². The van der Waals surface area contributed by atoms with Crippen molar-refractivity contribution in [3.63, 3.8) is 0 Å². The molecule has 0 aliphatic carbocycles. The summed E-state index contributed by atoms with van der Waals surface area (Å²) in [5.41, 5.74) is 5.78. The molecule has 0 aromatic heterocycles. The van der Waals surface area contributed by atoms with Gasteiger partial charge >= 0.3 is 5.97 Å². The molecule has 3 N–H and O–H groups in total. The molecule has 12 heteroatoms. The monoisotopic (exact) mass is 602 g/mol. The minimum atomic E-state index is -0.617. The van der Waals surface area contributed by atoms with Gasteiger partial charge in [0.25, 0.3) is 5.91 Å². The average molecular weight is 603 g/mol. The molecule has 3 aromatic rings. The third-order valence-electron chi connectivity index (χ3n) is 6.48. The van der Waals surface area contributed by atoms with Gasteiger partial charge in [0.15, 0.2) is 23.2 Å². The average Bonchev–Trinajstić information content (AvgIpc) is 3.47. The van der Waals surface area contributed by atoms with Crippen molar-refractivity contribution in [2.24, 2.45) is 5.10 Å². The van der Waals surface area contributed by atoms with Crippen molar-refractivity contribution in [2.75, 3.05) is 20.0 Å². The van der Waals surface area contributed by atoms with E-state index in [-0.39, 0.29) is 20.0 Å². The number of benzene rings is 3. The van der Waals surface area contributed by atoms with E-state index in [4.69, 9.17) is 35.9 Å². The van der Waals surface area contributed by atoms with E-state index >= 15 is 0 Å². The van der Waals surface area contributed by atoms with E-state index in [2.05, 4.69) is 21.2 Å². The molecule has 3 aromatic carbocycles. The van der Waals surface area contributed by atoms with Gasteiger partial charge in [-0.1, -0.05) is 24.3 Å². The number of carbonyl (C=O) groups excluding carboxylic acids is 2. The number of nitrogens with zero attached hydrogens (tertiary/aromatic N) is 1. The first-order valence-corrected chi connectivity index (χ1v) is 13.9. The Bertz CT molecular complexity index is 1570. The molecule has 0 bridgehead atoms. The van der Waals surface area contributed by atoms with E-state index in [0.29, 0.717) is 45.8 Å². The molecule has 5 rings (SSSR count). The van der Waals surface area contributed by atoms with Crippen molar-refractivity contribution >= 4 is 35.4 Å². The third kappa shape index (κ3) is 7.41. The molecule has 2 aliphatic heterocycles. The Morgan fingerprint density at radius 2 is 1.86 bits per heavy atom. The number of hydrazone groups is 1.